The second-order valence-electron chi connectivity index (χ2n) is 7.73. The van der Waals surface area contributed by atoms with Crippen LogP contribution in [0.4, 0.5) is 0 Å². The van der Waals surface area contributed by atoms with Crippen LogP contribution in [0.2, 0.25) is 0 Å². The first-order valence-corrected chi connectivity index (χ1v) is 10.7. The van der Waals surface area contributed by atoms with Gasteiger partial charge in [-0.25, -0.2) is 0 Å². The van der Waals surface area contributed by atoms with Gasteiger partial charge in [-0.1, -0.05) is 36.4 Å². The van der Waals surface area contributed by atoms with Crippen molar-refractivity contribution in [3.05, 3.63) is 54.6 Å². The molecule has 0 aromatic heterocycles. The van der Waals surface area contributed by atoms with Gasteiger partial charge in [-0.2, -0.15) is 0 Å². The maximum absolute atomic E-state index is 6.19. The molecule has 0 unspecified atom stereocenters. The van der Waals surface area contributed by atoms with Gasteiger partial charge in [0.15, 0.2) is 11.5 Å². The molecule has 3 aromatic carbocycles. The molecule has 30 heavy (non-hydrogen) atoms. The summed E-state index contributed by atoms with van der Waals surface area (Å²) in [5, 5.41) is 2.32. The van der Waals surface area contributed by atoms with Gasteiger partial charge in [-0.05, 0) is 54.1 Å². The zero-order chi connectivity index (χ0) is 20.2. The van der Waals surface area contributed by atoms with Gasteiger partial charge in [0.25, 0.3) is 0 Å². The van der Waals surface area contributed by atoms with E-state index in [9.17, 15) is 0 Å². The van der Waals surface area contributed by atoms with Crippen molar-refractivity contribution in [2.75, 3.05) is 46.2 Å². The smallest absolute Gasteiger partial charge is 0.231 e. The number of fused-ring (bicyclic) bond motifs is 2. The van der Waals surface area contributed by atoms with Gasteiger partial charge in [0.1, 0.15) is 5.75 Å². The van der Waals surface area contributed by atoms with Crippen molar-refractivity contribution < 1.29 is 18.9 Å². The zero-order valence-electron chi connectivity index (χ0n) is 17.1. The first-order chi connectivity index (χ1) is 14.9. The van der Waals surface area contributed by atoms with Crippen molar-refractivity contribution in [2.45, 2.75) is 12.8 Å². The average molecular weight is 405 g/mol. The van der Waals surface area contributed by atoms with Crippen molar-refractivity contribution >= 4 is 10.8 Å². The molecule has 5 heteroatoms. The molecule has 0 N–H and O–H groups in total. The van der Waals surface area contributed by atoms with Crippen molar-refractivity contribution in [1.29, 1.82) is 0 Å². The van der Waals surface area contributed by atoms with Gasteiger partial charge in [0.2, 0.25) is 6.79 Å². The van der Waals surface area contributed by atoms with Gasteiger partial charge >= 0.3 is 0 Å². The van der Waals surface area contributed by atoms with E-state index in [2.05, 4.69) is 53.4 Å². The summed E-state index contributed by atoms with van der Waals surface area (Å²) in [5.41, 5.74) is 2.29. The van der Waals surface area contributed by atoms with E-state index in [1.807, 2.05) is 6.07 Å². The molecule has 2 heterocycles. The van der Waals surface area contributed by atoms with Gasteiger partial charge in [0.05, 0.1) is 19.8 Å². The Morgan fingerprint density at radius 3 is 2.57 bits per heavy atom. The zero-order valence-corrected chi connectivity index (χ0v) is 17.1. The number of nitrogens with zero attached hydrogens (tertiary/aromatic N) is 1. The minimum atomic E-state index is 0.290. The topological polar surface area (TPSA) is 40.2 Å². The molecule has 0 aliphatic carbocycles. The van der Waals surface area contributed by atoms with Crippen LogP contribution in [-0.2, 0) is 4.74 Å². The van der Waals surface area contributed by atoms with E-state index in [0.29, 0.717) is 0 Å². The van der Waals surface area contributed by atoms with Gasteiger partial charge in [-0.15, -0.1) is 0 Å². The maximum atomic E-state index is 6.19. The molecule has 0 spiro atoms. The third-order valence-corrected chi connectivity index (χ3v) is 5.80. The fourth-order valence-corrected chi connectivity index (χ4v) is 4.16. The Morgan fingerprint density at radius 2 is 1.67 bits per heavy atom. The Bertz CT molecular complexity index is 1010. The second-order valence-corrected chi connectivity index (χ2v) is 7.73. The van der Waals surface area contributed by atoms with Crippen LogP contribution in [0, 0.1) is 0 Å². The van der Waals surface area contributed by atoms with Crippen LogP contribution >= 0.6 is 0 Å². The van der Waals surface area contributed by atoms with Crippen LogP contribution in [-0.4, -0.2) is 51.1 Å². The highest BCUT2D eigenvalue weighted by molar-refractivity contribution is 6.00. The molecular formula is C25H27NO4. The minimum Gasteiger partial charge on any atom is -0.493 e. The Kier molecular flexibility index (Phi) is 5.73. The normalized spacial score (nSPS) is 16.1. The summed E-state index contributed by atoms with van der Waals surface area (Å²) in [5.74, 6) is 2.55. The van der Waals surface area contributed by atoms with Crippen molar-refractivity contribution in [1.82, 2.24) is 4.90 Å². The molecule has 0 atom stereocenters. The number of morpholine rings is 1. The summed E-state index contributed by atoms with van der Waals surface area (Å²) < 4.78 is 22.6. The van der Waals surface area contributed by atoms with Crippen LogP contribution in [0.1, 0.15) is 12.8 Å². The van der Waals surface area contributed by atoms with Crippen molar-refractivity contribution in [2.24, 2.45) is 0 Å². The number of ether oxygens (including phenoxy) is 4. The third kappa shape index (κ3) is 4.09. The summed E-state index contributed by atoms with van der Waals surface area (Å²) in [4.78, 5) is 2.47. The highest BCUT2D eigenvalue weighted by atomic mass is 16.7. The van der Waals surface area contributed by atoms with Crippen molar-refractivity contribution in [3.8, 4) is 28.4 Å². The number of rotatable bonds is 7. The van der Waals surface area contributed by atoms with Gasteiger partial charge < -0.3 is 18.9 Å². The Labute approximate surface area is 177 Å². The molecule has 0 saturated carbocycles. The highest BCUT2D eigenvalue weighted by Gasteiger charge is 2.16. The monoisotopic (exact) mass is 405 g/mol. The number of benzene rings is 3. The molecule has 3 aromatic rings. The van der Waals surface area contributed by atoms with Crippen LogP contribution in [0.3, 0.4) is 0 Å². The molecule has 2 aliphatic rings. The quantitative estimate of drug-likeness (QED) is 0.532. The third-order valence-electron chi connectivity index (χ3n) is 5.80. The van der Waals surface area contributed by atoms with E-state index in [0.717, 1.165) is 80.5 Å². The molecule has 156 valence electrons. The SMILES string of the molecule is c1ccc2c(-c3ccc4c(c3)OCO4)ccc(OCCCCN3CCOCC3)c2c1. The number of unbranched alkanes of at least 4 members (excludes halogenated alkanes) is 1. The predicted octanol–water partition coefficient (Wildman–Crippen LogP) is 4.73. The fraction of sp³-hybridized carbons (Fsp3) is 0.360. The number of hydrogen-bond donors (Lipinski definition) is 0. The summed E-state index contributed by atoms with van der Waals surface area (Å²) in [7, 11) is 0. The Balaban J connectivity index is 1.28. The molecule has 5 nitrogen and oxygen atoms in total. The summed E-state index contributed by atoms with van der Waals surface area (Å²) in [6.07, 6.45) is 2.20. The summed E-state index contributed by atoms with van der Waals surface area (Å²) >= 11 is 0. The largest absolute Gasteiger partial charge is 0.493 e. The van der Waals surface area contributed by atoms with E-state index in [1.165, 1.54) is 10.9 Å². The molecule has 0 bridgehead atoms. The summed E-state index contributed by atoms with van der Waals surface area (Å²) in [6, 6.07) is 18.8. The minimum absolute atomic E-state index is 0.290. The van der Waals surface area contributed by atoms with Crippen LogP contribution in [0.15, 0.2) is 54.6 Å². The molecule has 1 fully saturated rings. The molecule has 0 amide bonds. The van der Waals surface area contributed by atoms with E-state index in [1.54, 1.807) is 0 Å². The lowest BCUT2D eigenvalue weighted by atomic mass is 9.97. The molecular weight excluding hydrogens is 378 g/mol. The van der Waals surface area contributed by atoms with Crippen LogP contribution in [0.25, 0.3) is 21.9 Å². The Morgan fingerprint density at radius 1 is 0.833 bits per heavy atom. The summed E-state index contributed by atoms with van der Waals surface area (Å²) in [6.45, 7) is 5.96. The van der Waals surface area contributed by atoms with Crippen LogP contribution < -0.4 is 14.2 Å². The average Bonchev–Trinajstić information content (AvgIpc) is 3.27. The van der Waals surface area contributed by atoms with Gasteiger partial charge in [0, 0.05) is 18.5 Å². The molecule has 0 radical (unpaired) electrons. The van der Waals surface area contributed by atoms with Gasteiger partial charge in [-0.3, -0.25) is 4.90 Å². The molecule has 2 aliphatic heterocycles. The first kappa shape index (κ1) is 19.2. The second kappa shape index (κ2) is 8.94. The maximum Gasteiger partial charge on any atom is 0.231 e. The predicted molar refractivity (Wildman–Crippen MR) is 117 cm³/mol. The number of hydrogen-bond acceptors (Lipinski definition) is 5. The lowest BCUT2D eigenvalue weighted by Gasteiger charge is -2.26. The van der Waals surface area contributed by atoms with E-state index < -0.39 is 0 Å². The van der Waals surface area contributed by atoms with Crippen LogP contribution in [0.5, 0.6) is 17.2 Å². The standard InChI is InChI=1S/C25H27NO4/c1-2-6-22-21(5-1)20(19-7-9-24-25(17-19)30-18-29-24)8-10-23(22)28-14-4-3-11-26-12-15-27-16-13-26/h1-2,5-10,17H,3-4,11-16,18H2. The molecule has 5 rings (SSSR count). The highest BCUT2D eigenvalue weighted by Crippen LogP contribution is 2.39. The van der Waals surface area contributed by atoms with E-state index in [-0.39, 0.29) is 6.79 Å². The lowest BCUT2D eigenvalue weighted by molar-refractivity contribution is 0.0368. The molecule has 1 saturated heterocycles. The first-order valence-electron chi connectivity index (χ1n) is 10.7. The fourth-order valence-electron chi connectivity index (χ4n) is 4.16. The Hall–Kier alpha value is -2.76. The van der Waals surface area contributed by atoms with E-state index >= 15 is 0 Å². The lowest BCUT2D eigenvalue weighted by Crippen LogP contribution is -2.36. The van der Waals surface area contributed by atoms with E-state index in [4.69, 9.17) is 18.9 Å². The van der Waals surface area contributed by atoms with Crippen molar-refractivity contribution in [3.63, 3.8) is 0 Å².